The molecule has 0 amide bonds. The van der Waals surface area contributed by atoms with Gasteiger partial charge in [-0.15, -0.1) is 0 Å². The zero-order chi connectivity index (χ0) is 36.1. The number of fused-ring (bicyclic) bond motifs is 3. The molecule has 7 aromatic rings. The van der Waals surface area contributed by atoms with Crippen molar-refractivity contribution >= 4 is 21.8 Å². The molecule has 0 aliphatic rings. The summed E-state index contributed by atoms with van der Waals surface area (Å²) in [6.45, 7) is 18.2. The lowest BCUT2D eigenvalue weighted by Gasteiger charge is -2.27. The van der Waals surface area contributed by atoms with Gasteiger partial charge in [-0.1, -0.05) is 104 Å². The highest BCUT2D eigenvalue weighted by Crippen LogP contribution is 2.43. The number of benzene rings is 4. The highest BCUT2D eigenvalue weighted by atomic mass is 16.5. The maximum Gasteiger partial charge on any atom is 0.141 e. The van der Waals surface area contributed by atoms with Crippen LogP contribution >= 0.6 is 0 Å². The van der Waals surface area contributed by atoms with Crippen LogP contribution in [0.1, 0.15) is 84.7 Å². The Kier molecular flexibility index (Phi) is 8.74. The van der Waals surface area contributed by atoms with E-state index in [0.29, 0.717) is 0 Å². The monoisotopic (exact) mass is 676 g/mol. The lowest BCUT2D eigenvalue weighted by Crippen LogP contribution is -2.21. The maximum atomic E-state index is 6.65. The van der Waals surface area contributed by atoms with Gasteiger partial charge in [-0.2, -0.15) is 5.10 Å². The number of para-hydroxylation sites is 1. The van der Waals surface area contributed by atoms with E-state index in [1.807, 2.05) is 24.3 Å². The topological polar surface area (TPSA) is 54.1 Å². The Morgan fingerprint density at radius 1 is 0.725 bits per heavy atom. The van der Waals surface area contributed by atoms with Gasteiger partial charge in [-0.3, -0.25) is 4.57 Å². The maximum absolute atomic E-state index is 6.65. The van der Waals surface area contributed by atoms with Crippen molar-refractivity contribution < 1.29 is 9.47 Å². The first kappa shape index (κ1) is 34.1. The fourth-order valence-electron chi connectivity index (χ4n) is 6.96. The van der Waals surface area contributed by atoms with Gasteiger partial charge in [0.25, 0.3) is 0 Å². The molecule has 0 aliphatic carbocycles. The summed E-state index contributed by atoms with van der Waals surface area (Å²) in [5, 5.41) is 7.64. The van der Waals surface area contributed by atoms with Crippen LogP contribution in [0.15, 0.2) is 109 Å². The Hall–Kier alpha value is -5.36. The Morgan fingerprint density at radius 3 is 2.16 bits per heavy atom. The fraction of sp³-hybridized carbons (Fsp3) is 0.289. The van der Waals surface area contributed by atoms with Crippen LogP contribution in [0.3, 0.4) is 0 Å². The molecule has 6 nitrogen and oxygen atoms in total. The summed E-state index contributed by atoms with van der Waals surface area (Å²) >= 11 is 0. The summed E-state index contributed by atoms with van der Waals surface area (Å²) in [7, 11) is 1.68. The van der Waals surface area contributed by atoms with Gasteiger partial charge in [0.15, 0.2) is 0 Å². The molecule has 4 aromatic carbocycles. The van der Waals surface area contributed by atoms with Gasteiger partial charge in [-0.05, 0) is 65.3 Å². The number of ether oxygens (including phenoxy) is 2. The van der Waals surface area contributed by atoms with Crippen LogP contribution in [0.4, 0.5) is 0 Å². The van der Waals surface area contributed by atoms with Crippen LogP contribution in [-0.4, -0.2) is 26.4 Å². The zero-order valence-corrected chi connectivity index (χ0v) is 31.3. The number of hydrogen-bond acceptors (Lipinski definition) is 4. The molecule has 0 radical (unpaired) electrons. The van der Waals surface area contributed by atoms with Gasteiger partial charge >= 0.3 is 0 Å². The molecule has 0 N–H and O–H groups in total. The van der Waals surface area contributed by atoms with E-state index in [1.54, 1.807) is 13.3 Å². The standard InChI is InChI=1S/C45H48N4O2/c1-10-45(7,8)43-41(30-18-20-31(21-19-30)44(4,5)6)42(29(2)3)47-49(43)32-14-13-15-34(26-32)51-35-22-23-37-36-16-11-12-17-38(36)48(39(37)27-35)40-28-33(50-9)24-25-46-40/h11-29H,10H2,1-9H3. The predicted octanol–water partition coefficient (Wildman–Crippen LogP) is 11.9. The van der Waals surface area contributed by atoms with E-state index >= 15 is 0 Å². The third-order valence-electron chi connectivity index (χ3n) is 10.1. The molecule has 0 spiro atoms. The van der Waals surface area contributed by atoms with Crippen molar-refractivity contribution in [2.24, 2.45) is 0 Å². The highest BCUT2D eigenvalue weighted by Gasteiger charge is 2.32. The lowest BCUT2D eigenvalue weighted by molar-refractivity contribution is 0.414. The number of pyridine rings is 1. The first-order valence-electron chi connectivity index (χ1n) is 18.0. The molecule has 51 heavy (non-hydrogen) atoms. The van der Waals surface area contributed by atoms with Crippen LogP contribution in [0.25, 0.3) is 44.4 Å². The fourth-order valence-corrected chi connectivity index (χ4v) is 6.96. The molecule has 0 atom stereocenters. The minimum Gasteiger partial charge on any atom is -0.497 e. The van der Waals surface area contributed by atoms with Crippen LogP contribution in [-0.2, 0) is 10.8 Å². The van der Waals surface area contributed by atoms with Gasteiger partial charge in [-0.25, -0.2) is 9.67 Å². The summed E-state index contributed by atoms with van der Waals surface area (Å²) in [5.74, 6) is 3.27. The van der Waals surface area contributed by atoms with E-state index in [9.17, 15) is 0 Å². The molecule has 260 valence electrons. The van der Waals surface area contributed by atoms with Crippen LogP contribution in [0.5, 0.6) is 17.2 Å². The Balaban J connectivity index is 1.33. The number of aromatic nitrogens is 4. The number of methoxy groups -OCH3 is 1. The molecule has 0 aliphatic heterocycles. The second-order valence-corrected chi connectivity index (χ2v) is 15.4. The van der Waals surface area contributed by atoms with Crippen molar-refractivity contribution in [3.05, 3.63) is 126 Å². The van der Waals surface area contributed by atoms with E-state index in [2.05, 4.69) is 144 Å². The average Bonchev–Trinajstić information content (AvgIpc) is 3.69. The van der Waals surface area contributed by atoms with Crippen molar-refractivity contribution in [3.8, 4) is 39.9 Å². The van der Waals surface area contributed by atoms with E-state index in [1.165, 1.54) is 22.4 Å². The molecule has 0 unspecified atom stereocenters. The van der Waals surface area contributed by atoms with Gasteiger partial charge in [0.1, 0.15) is 23.1 Å². The molecule has 0 bridgehead atoms. The van der Waals surface area contributed by atoms with Crippen LogP contribution in [0, 0.1) is 0 Å². The first-order valence-corrected chi connectivity index (χ1v) is 18.0. The van der Waals surface area contributed by atoms with E-state index in [-0.39, 0.29) is 16.7 Å². The summed E-state index contributed by atoms with van der Waals surface area (Å²) in [6, 6.07) is 35.9. The Labute approximate surface area is 301 Å². The summed E-state index contributed by atoms with van der Waals surface area (Å²) < 4.78 is 16.5. The lowest BCUT2D eigenvalue weighted by atomic mass is 9.80. The molecule has 7 rings (SSSR count). The molecule has 0 fully saturated rings. The summed E-state index contributed by atoms with van der Waals surface area (Å²) in [5.41, 5.74) is 9.07. The minimum atomic E-state index is -0.137. The highest BCUT2D eigenvalue weighted by molar-refractivity contribution is 6.09. The van der Waals surface area contributed by atoms with Crippen molar-refractivity contribution in [1.29, 1.82) is 0 Å². The SMILES string of the molecule is CCC(C)(C)c1c(-c2ccc(C(C)(C)C)cc2)c(C(C)C)nn1-c1cccc(Oc2ccc3c4ccccc4n(-c4cc(OC)ccn4)c3c2)c1. The zero-order valence-electron chi connectivity index (χ0n) is 31.3. The number of nitrogens with zero attached hydrogens (tertiary/aromatic N) is 4. The molecule has 0 saturated heterocycles. The molecular formula is C45H48N4O2. The number of rotatable bonds is 9. The smallest absolute Gasteiger partial charge is 0.141 e. The summed E-state index contributed by atoms with van der Waals surface area (Å²) in [4.78, 5) is 4.71. The molecular weight excluding hydrogens is 629 g/mol. The average molecular weight is 677 g/mol. The summed E-state index contributed by atoms with van der Waals surface area (Å²) in [6.07, 6.45) is 2.75. The van der Waals surface area contributed by atoms with Crippen LogP contribution in [0.2, 0.25) is 0 Å². The van der Waals surface area contributed by atoms with Gasteiger partial charge in [0, 0.05) is 46.1 Å². The minimum absolute atomic E-state index is 0.0859. The van der Waals surface area contributed by atoms with Crippen molar-refractivity contribution in [2.75, 3.05) is 7.11 Å². The van der Waals surface area contributed by atoms with E-state index in [4.69, 9.17) is 19.6 Å². The Bertz CT molecular complexity index is 2350. The normalized spacial score (nSPS) is 12.3. The second kappa shape index (κ2) is 13.1. The quantitative estimate of drug-likeness (QED) is 0.153. The predicted molar refractivity (Wildman–Crippen MR) is 210 cm³/mol. The Morgan fingerprint density at radius 2 is 1.45 bits per heavy atom. The van der Waals surface area contributed by atoms with Gasteiger partial charge in [0.05, 0.1) is 35.2 Å². The van der Waals surface area contributed by atoms with Gasteiger partial charge < -0.3 is 9.47 Å². The second-order valence-electron chi connectivity index (χ2n) is 15.4. The third-order valence-corrected chi connectivity index (χ3v) is 10.1. The third kappa shape index (κ3) is 6.28. The molecule has 0 saturated carbocycles. The largest absolute Gasteiger partial charge is 0.497 e. The molecule has 3 aromatic heterocycles. The number of hydrogen-bond donors (Lipinski definition) is 0. The van der Waals surface area contributed by atoms with Crippen molar-refractivity contribution in [1.82, 2.24) is 19.3 Å². The van der Waals surface area contributed by atoms with E-state index in [0.717, 1.165) is 62.7 Å². The molecule has 3 heterocycles. The van der Waals surface area contributed by atoms with Crippen molar-refractivity contribution in [3.63, 3.8) is 0 Å². The van der Waals surface area contributed by atoms with E-state index < -0.39 is 0 Å². The first-order chi connectivity index (χ1) is 24.4. The van der Waals surface area contributed by atoms with Gasteiger partial charge in [0.2, 0.25) is 0 Å². The molecule has 6 heteroatoms. The van der Waals surface area contributed by atoms with Crippen LogP contribution < -0.4 is 9.47 Å². The van der Waals surface area contributed by atoms with Crippen molar-refractivity contribution in [2.45, 2.75) is 78.6 Å².